The molecule has 0 amide bonds. The highest BCUT2D eigenvalue weighted by molar-refractivity contribution is 5.91. The van der Waals surface area contributed by atoms with Crippen LogP contribution in [0.3, 0.4) is 0 Å². The Labute approximate surface area is 118 Å². The molecule has 104 valence electrons. The van der Waals surface area contributed by atoms with Crippen molar-refractivity contribution in [1.82, 2.24) is 9.97 Å². The van der Waals surface area contributed by atoms with E-state index in [-0.39, 0.29) is 0 Å². The topological polar surface area (TPSA) is 47.0 Å². The van der Waals surface area contributed by atoms with Gasteiger partial charge in [-0.05, 0) is 43.7 Å². The molecule has 0 radical (unpaired) electrons. The predicted molar refractivity (Wildman–Crippen MR) is 78.8 cm³/mol. The van der Waals surface area contributed by atoms with Gasteiger partial charge in [-0.25, -0.2) is 9.97 Å². The number of benzene rings is 1. The zero-order chi connectivity index (χ0) is 13.5. The maximum absolute atomic E-state index is 5.90. The first-order valence-corrected chi connectivity index (χ1v) is 7.41. The summed E-state index contributed by atoms with van der Waals surface area (Å²) >= 11 is 0. The number of rotatable bonds is 3. The Morgan fingerprint density at radius 1 is 1.20 bits per heavy atom. The molecule has 0 spiro atoms. The van der Waals surface area contributed by atoms with Crippen molar-refractivity contribution < 1.29 is 4.74 Å². The molecule has 1 aliphatic carbocycles. The van der Waals surface area contributed by atoms with Crippen molar-refractivity contribution in [1.29, 1.82) is 0 Å². The van der Waals surface area contributed by atoms with E-state index in [9.17, 15) is 0 Å². The minimum absolute atomic E-state index is 0.365. The molecule has 1 N–H and O–H groups in total. The summed E-state index contributed by atoms with van der Waals surface area (Å²) in [6.45, 7) is 2.97. The summed E-state index contributed by atoms with van der Waals surface area (Å²) < 4.78 is 5.90. The van der Waals surface area contributed by atoms with Crippen molar-refractivity contribution in [2.24, 2.45) is 5.92 Å². The maximum Gasteiger partial charge on any atom is 0.137 e. The van der Waals surface area contributed by atoms with Crippen LogP contribution in [-0.4, -0.2) is 28.7 Å². The minimum atomic E-state index is 0.365. The number of hydrogen-bond donors (Lipinski definition) is 1. The summed E-state index contributed by atoms with van der Waals surface area (Å²) in [7, 11) is 0. The summed E-state index contributed by atoms with van der Waals surface area (Å²) in [6, 6.07) is 6.58. The fourth-order valence-electron chi connectivity index (χ4n) is 3.22. The molecule has 2 heterocycles. The Kier molecular flexibility index (Phi) is 2.84. The molecule has 20 heavy (non-hydrogen) atoms. The van der Waals surface area contributed by atoms with Gasteiger partial charge in [-0.2, -0.15) is 0 Å². The zero-order valence-corrected chi connectivity index (χ0v) is 11.7. The molecule has 1 aromatic heterocycles. The minimum Gasteiger partial charge on any atom is -0.376 e. The van der Waals surface area contributed by atoms with Gasteiger partial charge in [0.05, 0.1) is 17.7 Å². The Morgan fingerprint density at radius 3 is 2.95 bits per heavy atom. The first kappa shape index (κ1) is 12.1. The molecule has 0 bridgehead atoms. The standard InChI is InChI=1S/C16H19N3O/c1-10-3-2-4-12-14(10)16(18-9-17-12)19-13-7-8-20-15(13)11-5-6-11/h2-4,9,11,13,15H,5-8H2,1H3,(H,17,18,19). The first-order chi connectivity index (χ1) is 9.83. The van der Waals surface area contributed by atoms with E-state index < -0.39 is 0 Å². The Bertz CT molecular complexity index is 633. The van der Waals surface area contributed by atoms with Crippen LogP contribution in [0.25, 0.3) is 10.9 Å². The molecular weight excluding hydrogens is 250 g/mol. The summed E-state index contributed by atoms with van der Waals surface area (Å²) in [5.74, 6) is 1.71. The van der Waals surface area contributed by atoms with Crippen LogP contribution in [0.1, 0.15) is 24.8 Å². The number of ether oxygens (including phenoxy) is 1. The van der Waals surface area contributed by atoms with Gasteiger partial charge in [0.2, 0.25) is 0 Å². The third kappa shape index (κ3) is 2.04. The molecule has 2 aliphatic rings. The van der Waals surface area contributed by atoms with E-state index in [1.54, 1.807) is 6.33 Å². The highest BCUT2D eigenvalue weighted by Crippen LogP contribution is 2.40. The van der Waals surface area contributed by atoms with E-state index in [1.807, 2.05) is 12.1 Å². The number of aromatic nitrogens is 2. The largest absolute Gasteiger partial charge is 0.376 e. The molecule has 2 unspecified atom stereocenters. The summed E-state index contributed by atoms with van der Waals surface area (Å²) in [6.07, 6.45) is 5.70. The number of aryl methyl sites for hydroxylation is 1. The second-order valence-corrected chi connectivity index (χ2v) is 5.90. The molecule has 2 fully saturated rings. The monoisotopic (exact) mass is 269 g/mol. The van der Waals surface area contributed by atoms with Gasteiger partial charge in [-0.15, -0.1) is 0 Å². The number of nitrogens with one attached hydrogen (secondary N) is 1. The lowest BCUT2D eigenvalue weighted by Gasteiger charge is -2.21. The molecule has 1 aromatic carbocycles. The van der Waals surface area contributed by atoms with E-state index in [0.717, 1.165) is 35.7 Å². The van der Waals surface area contributed by atoms with Gasteiger partial charge in [0, 0.05) is 12.0 Å². The SMILES string of the molecule is Cc1cccc2ncnc(NC3CCOC3C3CC3)c12. The van der Waals surface area contributed by atoms with Crippen molar-refractivity contribution in [3.8, 4) is 0 Å². The quantitative estimate of drug-likeness (QED) is 0.930. The van der Waals surface area contributed by atoms with Crippen LogP contribution in [0.5, 0.6) is 0 Å². The second kappa shape index (κ2) is 4.70. The Hall–Kier alpha value is -1.68. The zero-order valence-electron chi connectivity index (χ0n) is 11.7. The normalized spacial score (nSPS) is 26.1. The molecule has 1 aliphatic heterocycles. The summed E-state index contributed by atoms with van der Waals surface area (Å²) in [5.41, 5.74) is 2.22. The first-order valence-electron chi connectivity index (χ1n) is 7.41. The molecule has 4 heteroatoms. The Balaban J connectivity index is 1.68. The van der Waals surface area contributed by atoms with Crippen LogP contribution in [0.2, 0.25) is 0 Å². The molecule has 1 saturated carbocycles. The third-order valence-corrected chi connectivity index (χ3v) is 4.42. The second-order valence-electron chi connectivity index (χ2n) is 5.90. The van der Waals surface area contributed by atoms with Crippen molar-refractivity contribution in [3.63, 3.8) is 0 Å². The van der Waals surface area contributed by atoms with Crippen LogP contribution in [0.15, 0.2) is 24.5 Å². The van der Waals surface area contributed by atoms with Gasteiger partial charge < -0.3 is 10.1 Å². The lowest BCUT2D eigenvalue weighted by Crippen LogP contribution is -2.31. The molecular formula is C16H19N3O. The van der Waals surface area contributed by atoms with Gasteiger partial charge in [0.15, 0.2) is 0 Å². The van der Waals surface area contributed by atoms with Crippen LogP contribution < -0.4 is 5.32 Å². The Morgan fingerprint density at radius 2 is 2.10 bits per heavy atom. The van der Waals surface area contributed by atoms with Crippen LogP contribution in [-0.2, 0) is 4.74 Å². The summed E-state index contributed by atoms with van der Waals surface area (Å²) in [5, 5.41) is 4.76. The number of hydrogen-bond acceptors (Lipinski definition) is 4. The van der Waals surface area contributed by atoms with Crippen molar-refractivity contribution >= 4 is 16.7 Å². The number of fused-ring (bicyclic) bond motifs is 1. The molecule has 2 aromatic rings. The maximum atomic E-state index is 5.90. The molecule has 4 nitrogen and oxygen atoms in total. The predicted octanol–water partition coefficient (Wildman–Crippen LogP) is 2.92. The third-order valence-electron chi connectivity index (χ3n) is 4.42. The highest BCUT2D eigenvalue weighted by Gasteiger charge is 2.40. The van der Waals surface area contributed by atoms with Crippen molar-refractivity contribution in [3.05, 3.63) is 30.1 Å². The summed E-state index contributed by atoms with van der Waals surface area (Å²) in [4.78, 5) is 8.83. The molecule has 2 atom stereocenters. The number of nitrogens with zero attached hydrogens (tertiary/aromatic N) is 2. The fraction of sp³-hybridized carbons (Fsp3) is 0.500. The van der Waals surface area contributed by atoms with Crippen LogP contribution in [0, 0.1) is 12.8 Å². The van der Waals surface area contributed by atoms with E-state index in [4.69, 9.17) is 4.74 Å². The smallest absolute Gasteiger partial charge is 0.137 e. The van der Waals surface area contributed by atoms with Crippen molar-refractivity contribution in [2.75, 3.05) is 11.9 Å². The van der Waals surface area contributed by atoms with Gasteiger partial charge in [0.25, 0.3) is 0 Å². The van der Waals surface area contributed by atoms with Crippen LogP contribution in [0.4, 0.5) is 5.82 Å². The van der Waals surface area contributed by atoms with Crippen LogP contribution >= 0.6 is 0 Å². The van der Waals surface area contributed by atoms with Gasteiger partial charge in [0.1, 0.15) is 12.1 Å². The van der Waals surface area contributed by atoms with E-state index in [0.29, 0.717) is 12.1 Å². The molecule has 1 saturated heterocycles. The fourth-order valence-corrected chi connectivity index (χ4v) is 3.22. The average Bonchev–Trinajstić information content (AvgIpc) is 3.20. The lowest BCUT2D eigenvalue weighted by molar-refractivity contribution is 0.0898. The van der Waals surface area contributed by atoms with E-state index >= 15 is 0 Å². The van der Waals surface area contributed by atoms with E-state index in [2.05, 4.69) is 28.3 Å². The number of anilines is 1. The lowest BCUT2D eigenvalue weighted by atomic mass is 10.1. The average molecular weight is 269 g/mol. The van der Waals surface area contributed by atoms with Crippen molar-refractivity contribution in [2.45, 2.75) is 38.3 Å². The molecule has 4 rings (SSSR count). The van der Waals surface area contributed by atoms with Gasteiger partial charge >= 0.3 is 0 Å². The highest BCUT2D eigenvalue weighted by atomic mass is 16.5. The van der Waals surface area contributed by atoms with Gasteiger partial charge in [-0.3, -0.25) is 0 Å². The van der Waals surface area contributed by atoms with E-state index in [1.165, 1.54) is 18.4 Å². The van der Waals surface area contributed by atoms with Gasteiger partial charge in [-0.1, -0.05) is 12.1 Å².